The summed E-state index contributed by atoms with van der Waals surface area (Å²) in [6.07, 6.45) is 0. The van der Waals surface area contributed by atoms with Crippen LogP contribution in [0.5, 0.6) is 0 Å². The van der Waals surface area contributed by atoms with Crippen molar-refractivity contribution in [2.75, 3.05) is 5.32 Å². The predicted octanol–water partition coefficient (Wildman–Crippen LogP) is 3.64. The molecule has 2 nitrogen and oxygen atoms in total. The Morgan fingerprint density at radius 2 is 2.00 bits per heavy atom. The van der Waals surface area contributed by atoms with Crippen LogP contribution in [0.1, 0.15) is 5.56 Å². The fourth-order valence-electron chi connectivity index (χ4n) is 1.22. The third kappa shape index (κ3) is 1.88. The van der Waals surface area contributed by atoms with Crippen LogP contribution in [0.15, 0.2) is 29.0 Å². The number of halogens is 2. The first-order chi connectivity index (χ1) is 7.72. The van der Waals surface area contributed by atoms with Crippen molar-refractivity contribution in [1.82, 2.24) is 0 Å². The number of nitrogens with zero attached hydrogens (tertiary/aromatic N) is 1. The van der Waals surface area contributed by atoms with Crippen molar-refractivity contribution in [2.45, 2.75) is 0 Å². The van der Waals surface area contributed by atoms with Crippen LogP contribution in [-0.2, 0) is 0 Å². The molecular formula is C11H6F2N2S. The summed E-state index contributed by atoms with van der Waals surface area (Å²) in [6.45, 7) is 0. The van der Waals surface area contributed by atoms with E-state index in [1.54, 1.807) is 17.5 Å². The first-order valence-corrected chi connectivity index (χ1v) is 5.34. The lowest BCUT2D eigenvalue weighted by molar-refractivity contribution is 0.509. The lowest BCUT2D eigenvalue weighted by atomic mass is 10.2. The van der Waals surface area contributed by atoms with E-state index >= 15 is 0 Å². The largest absolute Gasteiger partial charge is 0.352 e. The highest BCUT2D eigenvalue weighted by atomic mass is 32.1. The fourth-order valence-corrected chi connectivity index (χ4v) is 1.81. The van der Waals surface area contributed by atoms with Gasteiger partial charge >= 0.3 is 0 Å². The van der Waals surface area contributed by atoms with Gasteiger partial charge in [-0.25, -0.2) is 8.78 Å². The van der Waals surface area contributed by atoms with Gasteiger partial charge < -0.3 is 5.32 Å². The molecule has 0 radical (unpaired) electrons. The molecule has 0 aliphatic carbocycles. The molecular weight excluding hydrogens is 230 g/mol. The van der Waals surface area contributed by atoms with Crippen LogP contribution in [-0.4, -0.2) is 0 Å². The minimum absolute atomic E-state index is 0.0231. The van der Waals surface area contributed by atoms with E-state index in [-0.39, 0.29) is 11.3 Å². The molecule has 0 bridgehead atoms. The number of rotatable bonds is 2. The number of nitriles is 1. The van der Waals surface area contributed by atoms with Crippen LogP contribution in [0.3, 0.4) is 0 Å². The highest BCUT2D eigenvalue weighted by Gasteiger charge is 2.13. The van der Waals surface area contributed by atoms with E-state index in [1.165, 1.54) is 23.5 Å². The van der Waals surface area contributed by atoms with Crippen molar-refractivity contribution in [3.63, 3.8) is 0 Å². The van der Waals surface area contributed by atoms with Gasteiger partial charge in [0.05, 0.1) is 11.3 Å². The maximum Gasteiger partial charge on any atom is 0.183 e. The van der Waals surface area contributed by atoms with Gasteiger partial charge in [-0.05, 0) is 23.6 Å². The van der Waals surface area contributed by atoms with E-state index in [2.05, 4.69) is 5.32 Å². The lowest BCUT2D eigenvalue weighted by Gasteiger charge is -2.06. The molecule has 0 aliphatic rings. The highest BCUT2D eigenvalue weighted by molar-refractivity contribution is 7.08. The molecule has 0 amide bonds. The fraction of sp³-hybridized carbons (Fsp3) is 0. The SMILES string of the molecule is N#Cc1ccc(Nc2ccsc2)c(F)c1F. The van der Waals surface area contributed by atoms with Gasteiger partial charge in [0.15, 0.2) is 11.6 Å². The number of benzene rings is 1. The summed E-state index contributed by atoms with van der Waals surface area (Å²) in [6, 6.07) is 5.92. The Kier molecular flexibility index (Phi) is 2.84. The highest BCUT2D eigenvalue weighted by Crippen LogP contribution is 2.24. The Hall–Kier alpha value is -1.93. The van der Waals surface area contributed by atoms with E-state index in [0.29, 0.717) is 5.69 Å². The van der Waals surface area contributed by atoms with Gasteiger partial charge in [-0.1, -0.05) is 0 Å². The molecule has 2 rings (SSSR count). The predicted molar refractivity (Wildman–Crippen MR) is 58.7 cm³/mol. The maximum absolute atomic E-state index is 13.5. The van der Waals surface area contributed by atoms with Crippen LogP contribution in [0.4, 0.5) is 20.2 Å². The normalized spacial score (nSPS) is 9.81. The van der Waals surface area contributed by atoms with Gasteiger partial charge in [0, 0.05) is 11.1 Å². The van der Waals surface area contributed by atoms with Gasteiger partial charge in [-0.3, -0.25) is 0 Å². The topological polar surface area (TPSA) is 35.8 Å². The molecule has 16 heavy (non-hydrogen) atoms. The van der Waals surface area contributed by atoms with Crippen LogP contribution < -0.4 is 5.32 Å². The van der Waals surface area contributed by atoms with E-state index in [9.17, 15) is 8.78 Å². The van der Waals surface area contributed by atoms with Crippen molar-refractivity contribution >= 4 is 22.7 Å². The molecule has 0 aliphatic heterocycles. The van der Waals surface area contributed by atoms with Crippen molar-refractivity contribution in [2.24, 2.45) is 0 Å². The molecule has 0 saturated carbocycles. The first-order valence-electron chi connectivity index (χ1n) is 4.39. The Morgan fingerprint density at radius 1 is 1.19 bits per heavy atom. The molecule has 80 valence electrons. The molecule has 0 fully saturated rings. The molecule has 1 aromatic heterocycles. The summed E-state index contributed by atoms with van der Waals surface area (Å²) >= 11 is 1.45. The molecule has 0 saturated heterocycles. The maximum atomic E-state index is 13.5. The Bertz CT molecular complexity index is 544. The van der Waals surface area contributed by atoms with Crippen LogP contribution in [0, 0.1) is 23.0 Å². The molecule has 1 heterocycles. The zero-order valence-corrected chi connectivity index (χ0v) is 8.81. The summed E-state index contributed by atoms with van der Waals surface area (Å²) < 4.78 is 26.7. The summed E-state index contributed by atoms with van der Waals surface area (Å²) in [4.78, 5) is 0. The number of anilines is 2. The zero-order valence-electron chi connectivity index (χ0n) is 8.00. The van der Waals surface area contributed by atoms with Crippen LogP contribution in [0.2, 0.25) is 0 Å². The molecule has 2 aromatic rings. The van der Waals surface area contributed by atoms with Crippen LogP contribution in [0.25, 0.3) is 0 Å². The average molecular weight is 236 g/mol. The smallest absolute Gasteiger partial charge is 0.183 e. The second-order valence-corrected chi connectivity index (χ2v) is 3.82. The average Bonchev–Trinajstić information content (AvgIpc) is 2.78. The van der Waals surface area contributed by atoms with E-state index < -0.39 is 11.6 Å². The Morgan fingerprint density at radius 3 is 2.62 bits per heavy atom. The van der Waals surface area contributed by atoms with Gasteiger partial charge in [-0.2, -0.15) is 16.6 Å². The van der Waals surface area contributed by atoms with E-state index in [4.69, 9.17) is 5.26 Å². The molecule has 0 spiro atoms. The van der Waals surface area contributed by atoms with Gasteiger partial charge in [0.1, 0.15) is 6.07 Å². The number of hydrogen-bond donors (Lipinski definition) is 1. The first kappa shape index (κ1) is 10.6. The summed E-state index contributed by atoms with van der Waals surface area (Å²) in [5.74, 6) is -2.16. The lowest BCUT2D eigenvalue weighted by Crippen LogP contribution is -1.97. The standard InChI is InChI=1S/C11H6F2N2S/c12-10-7(5-14)1-2-9(11(10)13)15-8-3-4-16-6-8/h1-4,6,15H. The van der Waals surface area contributed by atoms with Gasteiger partial charge in [-0.15, -0.1) is 0 Å². The number of nitrogens with one attached hydrogen (secondary N) is 1. The van der Waals surface area contributed by atoms with Crippen molar-refractivity contribution in [1.29, 1.82) is 5.26 Å². The summed E-state index contributed by atoms with van der Waals surface area (Å²) in [5, 5.41) is 14.8. The van der Waals surface area contributed by atoms with E-state index in [1.807, 2.05) is 5.38 Å². The molecule has 0 atom stereocenters. The quantitative estimate of drug-likeness (QED) is 0.864. The minimum atomic E-state index is -1.12. The number of thiophene rings is 1. The van der Waals surface area contributed by atoms with E-state index in [0.717, 1.165) is 0 Å². The zero-order chi connectivity index (χ0) is 11.5. The summed E-state index contributed by atoms with van der Waals surface area (Å²) in [7, 11) is 0. The third-order valence-electron chi connectivity index (χ3n) is 2.00. The summed E-state index contributed by atoms with van der Waals surface area (Å²) in [5.41, 5.74) is 0.413. The van der Waals surface area contributed by atoms with Crippen molar-refractivity contribution < 1.29 is 8.78 Å². The molecule has 0 unspecified atom stereocenters. The second kappa shape index (κ2) is 4.29. The van der Waals surface area contributed by atoms with Gasteiger partial charge in [0.25, 0.3) is 0 Å². The van der Waals surface area contributed by atoms with Crippen molar-refractivity contribution in [3.8, 4) is 6.07 Å². The monoisotopic (exact) mass is 236 g/mol. The van der Waals surface area contributed by atoms with Gasteiger partial charge in [0.2, 0.25) is 0 Å². The molecule has 5 heteroatoms. The Labute approximate surface area is 94.8 Å². The molecule has 1 N–H and O–H groups in total. The third-order valence-corrected chi connectivity index (χ3v) is 2.69. The van der Waals surface area contributed by atoms with Crippen LogP contribution >= 0.6 is 11.3 Å². The minimum Gasteiger partial charge on any atom is -0.352 e. The number of hydrogen-bond acceptors (Lipinski definition) is 3. The molecule has 1 aromatic carbocycles. The van der Waals surface area contributed by atoms with Crippen molar-refractivity contribution in [3.05, 3.63) is 46.2 Å². The second-order valence-electron chi connectivity index (χ2n) is 3.04. The Balaban J connectivity index is 2.37.